The van der Waals surface area contributed by atoms with E-state index in [2.05, 4.69) is 5.32 Å². The second-order valence-corrected chi connectivity index (χ2v) is 6.11. The third-order valence-electron chi connectivity index (χ3n) is 2.88. The molecule has 0 aromatic heterocycles. The number of carbonyl (C=O) groups is 2. The number of rotatable bonds is 5. The fourth-order valence-electron chi connectivity index (χ4n) is 2.11. The van der Waals surface area contributed by atoms with Gasteiger partial charge < -0.3 is 20.1 Å². The van der Waals surface area contributed by atoms with Gasteiger partial charge in [0.2, 0.25) is 0 Å². The summed E-state index contributed by atoms with van der Waals surface area (Å²) in [4.78, 5) is 24.3. The lowest BCUT2D eigenvalue weighted by atomic mass is 9.86. The van der Waals surface area contributed by atoms with Crippen molar-refractivity contribution in [2.45, 2.75) is 51.7 Å². The molecule has 19 heavy (non-hydrogen) atoms. The third kappa shape index (κ3) is 4.70. The van der Waals surface area contributed by atoms with Crippen molar-refractivity contribution in [3.63, 3.8) is 0 Å². The SMILES string of the molecule is CCCNC1(CC(=O)O)CN(C(=O)OC(C)(C)C)C1. The minimum absolute atomic E-state index is 0.0201. The van der Waals surface area contributed by atoms with E-state index >= 15 is 0 Å². The standard InChI is InChI=1S/C13H24N2O4/c1-5-6-14-13(7-10(16)17)8-15(9-13)11(18)19-12(2,3)4/h14H,5-9H2,1-4H3,(H,16,17). The number of hydrogen-bond donors (Lipinski definition) is 2. The lowest BCUT2D eigenvalue weighted by Crippen LogP contribution is -2.71. The maximum atomic E-state index is 11.8. The fraction of sp³-hybridized carbons (Fsp3) is 0.846. The van der Waals surface area contributed by atoms with Crippen LogP contribution in [0.15, 0.2) is 0 Å². The summed E-state index contributed by atoms with van der Waals surface area (Å²) in [6.07, 6.45) is 0.562. The molecule has 1 rings (SSSR count). The molecule has 1 fully saturated rings. The van der Waals surface area contributed by atoms with Gasteiger partial charge in [0.05, 0.1) is 12.0 Å². The number of hydrogen-bond acceptors (Lipinski definition) is 4. The van der Waals surface area contributed by atoms with E-state index in [0.29, 0.717) is 13.1 Å². The lowest BCUT2D eigenvalue weighted by molar-refractivity contribution is -0.141. The van der Waals surface area contributed by atoms with E-state index in [1.54, 1.807) is 0 Å². The molecule has 0 bridgehead atoms. The van der Waals surface area contributed by atoms with Crippen LogP contribution in [0.25, 0.3) is 0 Å². The summed E-state index contributed by atoms with van der Waals surface area (Å²) in [6.45, 7) is 8.96. The molecule has 0 aromatic carbocycles. The largest absolute Gasteiger partial charge is 0.481 e. The molecule has 0 saturated carbocycles. The Balaban J connectivity index is 2.53. The van der Waals surface area contributed by atoms with Gasteiger partial charge in [-0.15, -0.1) is 0 Å². The van der Waals surface area contributed by atoms with Crippen molar-refractivity contribution in [1.29, 1.82) is 0 Å². The normalized spacial score (nSPS) is 17.8. The Hall–Kier alpha value is -1.30. The maximum Gasteiger partial charge on any atom is 0.410 e. The van der Waals surface area contributed by atoms with Crippen LogP contribution in [0.2, 0.25) is 0 Å². The second-order valence-electron chi connectivity index (χ2n) is 6.11. The van der Waals surface area contributed by atoms with Crippen molar-refractivity contribution in [2.24, 2.45) is 0 Å². The van der Waals surface area contributed by atoms with Gasteiger partial charge in [-0.25, -0.2) is 4.79 Å². The van der Waals surface area contributed by atoms with Gasteiger partial charge in [-0.05, 0) is 33.7 Å². The molecule has 2 N–H and O–H groups in total. The molecular weight excluding hydrogens is 248 g/mol. The first-order chi connectivity index (χ1) is 8.67. The Morgan fingerprint density at radius 3 is 2.37 bits per heavy atom. The molecule has 1 aliphatic heterocycles. The number of carboxylic acids is 1. The van der Waals surface area contributed by atoms with Crippen molar-refractivity contribution in [1.82, 2.24) is 10.2 Å². The molecule has 110 valence electrons. The van der Waals surface area contributed by atoms with E-state index in [1.165, 1.54) is 4.90 Å². The zero-order chi connectivity index (χ0) is 14.7. The summed E-state index contributed by atoms with van der Waals surface area (Å²) in [7, 11) is 0. The molecule has 0 unspecified atom stereocenters. The van der Waals surface area contributed by atoms with Gasteiger partial charge in [-0.3, -0.25) is 4.79 Å². The molecule has 6 nitrogen and oxygen atoms in total. The van der Waals surface area contributed by atoms with Gasteiger partial charge in [-0.2, -0.15) is 0 Å². The van der Waals surface area contributed by atoms with Gasteiger partial charge in [0.15, 0.2) is 0 Å². The van der Waals surface area contributed by atoms with Crippen molar-refractivity contribution >= 4 is 12.1 Å². The topological polar surface area (TPSA) is 78.9 Å². The number of amides is 1. The van der Waals surface area contributed by atoms with Gasteiger partial charge in [0.25, 0.3) is 0 Å². The number of nitrogens with one attached hydrogen (secondary N) is 1. The Kier molecular flexibility index (Phi) is 4.79. The summed E-state index contributed by atoms with van der Waals surface area (Å²) >= 11 is 0. The molecule has 1 heterocycles. The predicted octanol–water partition coefficient (Wildman–Crippen LogP) is 1.45. The highest BCUT2D eigenvalue weighted by atomic mass is 16.6. The average molecular weight is 272 g/mol. The van der Waals surface area contributed by atoms with Crippen molar-refractivity contribution < 1.29 is 19.4 Å². The lowest BCUT2D eigenvalue weighted by Gasteiger charge is -2.49. The van der Waals surface area contributed by atoms with Crippen LogP contribution < -0.4 is 5.32 Å². The number of carboxylic acid groups (broad SMARTS) is 1. The molecule has 1 saturated heterocycles. The Bertz CT molecular complexity index is 343. The quantitative estimate of drug-likeness (QED) is 0.792. The Morgan fingerprint density at radius 2 is 1.95 bits per heavy atom. The number of likely N-dealkylation sites (tertiary alicyclic amines) is 1. The van der Waals surface area contributed by atoms with Crippen LogP contribution in [0.1, 0.15) is 40.5 Å². The molecule has 1 amide bonds. The van der Waals surface area contributed by atoms with E-state index in [9.17, 15) is 9.59 Å². The average Bonchev–Trinajstić information content (AvgIpc) is 2.17. The minimum Gasteiger partial charge on any atom is -0.481 e. The predicted molar refractivity (Wildman–Crippen MR) is 71.1 cm³/mol. The highest BCUT2D eigenvalue weighted by Gasteiger charge is 2.47. The summed E-state index contributed by atoms with van der Waals surface area (Å²) < 4.78 is 5.26. The smallest absolute Gasteiger partial charge is 0.410 e. The minimum atomic E-state index is -0.854. The molecule has 0 aliphatic carbocycles. The molecular formula is C13H24N2O4. The first kappa shape index (κ1) is 15.8. The third-order valence-corrected chi connectivity index (χ3v) is 2.88. The molecule has 0 atom stereocenters. The van der Waals surface area contributed by atoms with Gasteiger partial charge >= 0.3 is 12.1 Å². The van der Waals surface area contributed by atoms with Crippen LogP contribution in [0.4, 0.5) is 4.79 Å². The molecule has 0 radical (unpaired) electrons. The molecule has 1 aliphatic rings. The summed E-state index contributed by atoms with van der Waals surface area (Å²) in [6, 6.07) is 0. The van der Waals surface area contributed by atoms with Crippen LogP contribution in [-0.4, -0.2) is 52.8 Å². The van der Waals surface area contributed by atoms with Crippen LogP contribution in [-0.2, 0) is 9.53 Å². The van der Waals surface area contributed by atoms with Crippen LogP contribution >= 0.6 is 0 Å². The molecule has 6 heteroatoms. The number of nitrogens with zero attached hydrogens (tertiary/aromatic N) is 1. The Labute approximate surface area is 114 Å². The van der Waals surface area contributed by atoms with Crippen LogP contribution in [0.3, 0.4) is 0 Å². The highest BCUT2D eigenvalue weighted by molar-refractivity contribution is 5.73. The van der Waals surface area contributed by atoms with E-state index in [1.807, 2.05) is 27.7 Å². The summed E-state index contributed by atoms with van der Waals surface area (Å²) in [5.41, 5.74) is -1.03. The first-order valence-electron chi connectivity index (χ1n) is 6.62. The van der Waals surface area contributed by atoms with Crippen molar-refractivity contribution in [2.75, 3.05) is 19.6 Å². The fourth-order valence-corrected chi connectivity index (χ4v) is 2.11. The maximum absolute atomic E-state index is 11.8. The second kappa shape index (κ2) is 5.77. The van der Waals surface area contributed by atoms with Gasteiger partial charge in [0.1, 0.15) is 5.60 Å². The highest BCUT2D eigenvalue weighted by Crippen LogP contribution is 2.26. The van der Waals surface area contributed by atoms with Crippen molar-refractivity contribution in [3.05, 3.63) is 0 Å². The zero-order valence-corrected chi connectivity index (χ0v) is 12.2. The van der Waals surface area contributed by atoms with E-state index < -0.39 is 17.1 Å². The van der Waals surface area contributed by atoms with Gasteiger partial charge in [0, 0.05) is 13.1 Å². The van der Waals surface area contributed by atoms with E-state index in [4.69, 9.17) is 9.84 Å². The van der Waals surface area contributed by atoms with Gasteiger partial charge in [-0.1, -0.05) is 6.92 Å². The monoisotopic (exact) mass is 272 g/mol. The summed E-state index contributed by atoms with van der Waals surface area (Å²) in [5.74, 6) is -0.854. The van der Waals surface area contributed by atoms with Crippen LogP contribution in [0, 0.1) is 0 Å². The number of carbonyl (C=O) groups excluding carboxylic acids is 1. The zero-order valence-electron chi connectivity index (χ0n) is 12.2. The molecule has 0 spiro atoms. The number of ether oxygens (including phenoxy) is 1. The first-order valence-corrected chi connectivity index (χ1v) is 6.62. The van der Waals surface area contributed by atoms with Crippen LogP contribution in [0.5, 0.6) is 0 Å². The molecule has 0 aromatic rings. The van der Waals surface area contributed by atoms with E-state index in [0.717, 1.165) is 13.0 Å². The van der Waals surface area contributed by atoms with Crippen molar-refractivity contribution in [3.8, 4) is 0 Å². The van der Waals surface area contributed by atoms with E-state index in [-0.39, 0.29) is 12.5 Å². The number of aliphatic carboxylic acids is 1. The Morgan fingerprint density at radius 1 is 1.37 bits per heavy atom. The summed E-state index contributed by atoms with van der Waals surface area (Å²) in [5, 5.41) is 12.2.